The van der Waals surface area contributed by atoms with Crippen LogP contribution in [0.1, 0.15) is 56.3 Å². The number of hydrogen-bond donors (Lipinski definition) is 4. The maximum Gasteiger partial charge on any atom is 0.119 e. The van der Waals surface area contributed by atoms with E-state index in [2.05, 4.69) is 35.2 Å². The van der Waals surface area contributed by atoms with Crippen molar-refractivity contribution in [3.05, 3.63) is 155 Å². The summed E-state index contributed by atoms with van der Waals surface area (Å²) in [6.07, 6.45) is 9.52. The number of rotatable bonds is 14. The molecular formula is C52H40N4O6S2-2. The van der Waals surface area contributed by atoms with E-state index >= 15 is 0 Å². The first kappa shape index (κ1) is 42.0. The van der Waals surface area contributed by atoms with Gasteiger partial charge in [-0.2, -0.15) is 25.3 Å². The van der Waals surface area contributed by atoms with Crippen LogP contribution in [0, 0.1) is 0 Å². The highest BCUT2D eigenvalue weighted by molar-refractivity contribution is 7.80. The molecule has 7 aromatic rings. The first-order valence-electron chi connectivity index (χ1n) is 20.8. The van der Waals surface area contributed by atoms with E-state index in [-0.39, 0.29) is 11.1 Å². The monoisotopic (exact) mass is 880 g/mol. The van der Waals surface area contributed by atoms with E-state index in [1.54, 1.807) is 24.3 Å². The number of nitrogens with zero attached hydrogens (tertiary/aromatic N) is 2. The van der Waals surface area contributed by atoms with Crippen molar-refractivity contribution in [2.45, 2.75) is 12.8 Å². The van der Waals surface area contributed by atoms with E-state index in [4.69, 9.17) is 19.4 Å². The van der Waals surface area contributed by atoms with Crippen LogP contribution in [0.5, 0.6) is 11.5 Å². The minimum absolute atomic E-state index is 0.0647. The van der Waals surface area contributed by atoms with E-state index in [0.717, 1.165) is 102 Å². The molecule has 2 aliphatic rings. The van der Waals surface area contributed by atoms with Crippen molar-refractivity contribution in [2.24, 2.45) is 0 Å². The van der Waals surface area contributed by atoms with Gasteiger partial charge in [-0.1, -0.05) is 72.8 Å². The molecule has 4 aromatic carbocycles. The van der Waals surface area contributed by atoms with Crippen molar-refractivity contribution in [2.75, 3.05) is 24.7 Å². The molecule has 0 radical (unpaired) electrons. The second-order valence-corrected chi connectivity index (χ2v) is 16.0. The van der Waals surface area contributed by atoms with Gasteiger partial charge in [0.1, 0.15) is 11.5 Å². The van der Waals surface area contributed by atoms with Crippen LogP contribution in [-0.4, -0.2) is 56.6 Å². The Kier molecular flexibility index (Phi) is 12.2. The van der Waals surface area contributed by atoms with E-state index in [1.807, 2.05) is 97.1 Å². The quantitative estimate of drug-likeness (QED) is 0.0622. The lowest BCUT2D eigenvalue weighted by molar-refractivity contribution is -0.256. The molecule has 0 atom stereocenters. The Hall–Kier alpha value is -7.28. The summed E-state index contributed by atoms with van der Waals surface area (Å²) in [4.78, 5) is 41.6. The summed E-state index contributed by atoms with van der Waals surface area (Å²) in [5, 5.41) is 23.6. The minimum Gasteiger partial charge on any atom is -0.545 e. The summed E-state index contributed by atoms with van der Waals surface area (Å²) in [6.45, 7) is 1.10. The van der Waals surface area contributed by atoms with Gasteiger partial charge in [0, 0.05) is 44.3 Å². The van der Waals surface area contributed by atoms with Crippen LogP contribution >= 0.6 is 25.3 Å². The summed E-state index contributed by atoms with van der Waals surface area (Å²) in [6, 6.07) is 37.0. The number of H-pyrrole nitrogens is 2. The molecule has 5 heterocycles. The Bertz CT molecular complexity index is 2910. The summed E-state index contributed by atoms with van der Waals surface area (Å²) in [7, 11) is 0. The van der Waals surface area contributed by atoms with E-state index in [0.29, 0.717) is 36.0 Å². The molecular weight excluding hydrogens is 841 g/mol. The molecule has 8 bridgehead atoms. The highest BCUT2D eigenvalue weighted by atomic mass is 32.1. The maximum absolute atomic E-state index is 11.8. The fourth-order valence-electron chi connectivity index (χ4n) is 7.91. The number of carbonyl (C=O) groups excluding carboxylic acids is 2. The Morgan fingerprint density at radius 1 is 0.438 bits per heavy atom. The third kappa shape index (κ3) is 8.70. The zero-order chi connectivity index (χ0) is 44.2. The number of nitrogens with one attached hydrogen (secondary N) is 2. The van der Waals surface area contributed by atoms with Crippen molar-refractivity contribution < 1.29 is 29.3 Å². The Balaban J connectivity index is 1.36. The van der Waals surface area contributed by atoms with Gasteiger partial charge in [-0.05, 0) is 131 Å². The number of benzene rings is 4. The maximum atomic E-state index is 11.8. The zero-order valence-electron chi connectivity index (χ0n) is 34.3. The Labute approximate surface area is 379 Å². The largest absolute Gasteiger partial charge is 0.545 e. The van der Waals surface area contributed by atoms with Crippen molar-refractivity contribution in [1.29, 1.82) is 0 Å². The first-order valence-corrected chi connectivity index (χ1v) is 22.0. The molecule has 0 amide bonds. The number of fused-ring (bicyclic) bond motifs is 8. The molecule has 0 spiro atoms. The lowest BCUT2D eigenvalue weighted by Gasteiger charge is -2.09. The molecule has 0 fully saturated rings. The standard InChI is InChI=1S/C52H42N4O6S2/c57-51(58)35-7-3-31(4-8-35)47-39-19-23-43(53-39)49(33-11-15-37(16-12-33)61-27-1-29-63)44-24-20-40(54-44)48(32-5-9-36(10-6-32)52(59)60)42-22-26-46(56-42)50(45-25-21-41(47)55-45)34-13-17-38(18-14-34)62-28-2-30-64/h3-26,53,56,63-64H,1-2,27-30H2,(H,57,58)(H,59,60)/p-2. The predicted molar refractivity (Wildman–Crippen MR) is 257 cm³/mol. The number of carboxylic acids is 2. The normalized spacial score (nSPS) is 11.8. The molecule has 2 aliphatic heterocycles. The average Bonchev–Trinajstić information content (AvgIpc) is 4.16. The summed E-state index contributed by atoms with van der Waals surface area (Å²) in [5.41, 5.74) is 12.3. The fourth-order valence-corrected chi connectivity index (χ4v) is 8.17. The Morgan fingerprint density at radius 3 is 0.984 bits per heavy atom. The van der Waals surface area contributed by atoms with Crippen molar-refractivity contribution in [3.8, 4) is 56.0 Å². The van der Waals surface area contributed by atoms with Gasteiger partial charge in [-0.3, -0.25) is 0 Å². The van der Waals surface area contributed by atoms with Crippen LogP contribution in [0.25, 0.3) is 90.9 Å². The number of hydrogen-bond acceptors (Lipinski definition) is 10. The lowest BCUT2D eigenvalue weighted by atomic mass is 10.0. The number of thiol groups is 2. The summed E-state index contributed by atoms with van der Waals surface area (Å²) in [5.74, 6) is 0.395. The third-order valence-electron chi connectivity index (χ3n) is 11.0. The van der Waals surface area contributed by atoms with E-state index in [1.165, 1.54) is 24.3 Å². The van der Waals surface area contributed by atoms with Crippen LogP contribution in [-0.2, 0) is 0 Å². The molecule has 3 aromatic heterocycles. The van der Waals surface area contributed by atoms with Gasteiger partial charge in [-0.15, -0.1) is 0 Å². The Morgan fingerprint density at radius 2 is 0.719 bits per heavy atom. The smallest absolute Gasteiger partial charge is 0.119 e. The number of aromatic nitrogens is 4. The zero-order valence-corrected chi connectivity index (χ0v) is 36.1. The second-order valence-electron chi connectivity index (χ2n) is 15.1. The van der Waals surface area contributed by atoms with Crippen molar-refractivity contribution in [1.82, 2.24) is 19.9 Å². The first-order chi connectivity index (χ1) is 31.3. The molecule has 0 saturated carbocycles. The molecule has 64 heavy (non-hydrogen) atoms. The number of carboxylic acid groups (broad SMARTS) is 2. The molecule has 0 saturated heterocycles. The summed E-state index contributed by atoms with van der Waals surface area (Å²) >= 11 is 8.63. The van der Waals surface area contributed by atoms with Gasteiger partial charge < -0.3 is 39.2 Å². The van der Waals surface area contributed by atoms with Crippen LogP contribution in [0.15, 0.2) is 121 Å². The van der Waals surface area contributed by atoms with Crippen molar-refractivity contribution >= 4 is 83.6 Å². The predicted octanol–water partition coefficient (Wildman–Crippen LogP) is 9.45. The fraction of sp³-hybridized carbons (Fsp3) is 0.115. The molecule has 2 N–H and O–H groups in total. The van der Waals surface area contributed by atoms with Gasteiger partial charge in [0.2, 0.25) is 0 Å². The molecule has 0 aliphatic carbocycles. The number of carbonyl (C=O) groups is 2. The van der Waals surface area contributed by atoms with Crippen LogP contribution < -0.4 is 19.7 Å². The third-order valence-corrected chi connectivity index (χ3v) is 11.6. The van der Waals surface area contributed by atoms with Crippen LogP contribution in [0.2, 0.25) is 0 Å². The summed E-state index contributed by atoms with van der Waals surface area (Å²) < 4.78 is 11.9. The van der Waals surface area contributed by atoms with Gasteiger partial charge in [0.15, 0.2) is 0 Å². The number of aromatic amines is 2. The van der Waals surface area contributed by atoms with Gasteiger partial charge in [0.25, 0.3) is 0 Å². The van der Waals surface area contributed by atoms with Gasteiger partial charge in [-0.25, -0.2) is 9.97 Å². The molecule has 0 unspecified atom stereocenters. The number of aromatic carboxylic acids is 2. The second kappa shape index (κ2) is 18.6. The highest BCUT2D eigenvalue weighted by Gasteiger charge is 2.19. The highest BCUT2D eigenvalue weighted by Crippen LogP contribution is 2.39. The SMILES string of the molecule is O=C([O-])c1ccc(-c2c3nc(c(-c4ccc(OCCCS)cc4)c4ccc([nH]4)c(-c4ccc(C(=O)[O-])cc4)c4nc(c(-c5ccc(OCCCS)cc5)c5ccc2[nH]5)C=C4)C=C3)cc1. The van der Waals surface area contributed by atoms with Crippen molar-refractivity contribution in [3.63, 3.8) is 0 Å². The van der Waals surface area contributed by atoms with E-state index < -0.39 is 11.9 Å². The number of ether oxygens (including phenoxy) is 2. The van der Waals surface area contributed by atoms with Crippen LogP contribution in [0.4, 0.5) is 0 Å². The van der Waals surface area contributed by atoms with Gasteiger partial charge in [0.05, 0.1) is 47.9 Å². The van der Waals surface area contributed by atoms with E-state index in [9.17, 15) is 19.8 Å². The average molecular weight is 881 g/mol. The topological polar surface area (TPSA) is 156 Å². The molecule has 318 valence electrons. The van der Waals surface area contributed by atoms with Crippen LogP contribution in [0.3, 0.4) is 0 Å². The van der Waals surface area contributed by atoms with Gasteiger partial charge >= 0.3 is 0 Å². The molecule has 10 nitrogen and oxygen atoms in total. The molecule has 12 heteroatoms. The minimum atomic E-state index is -1.26. The molecule has 9 rings (SSSR count). The lowest BCUT2D eigenvalue weighted by Crippen LogP contribution is -2.21.